The van der Waals surface area contributed by atoms with Gasteiger partial charge in [0.1, 0.15) is 6.33 Å². The van der Waals surface area contributed by atoms with Gasteiger partial charge in [-0.1, -0.05) is 0 Å². The van der Waals surface area contributed by atoms with Crippen LogP contribution in [-0.4, -0.2) is 19.6 Å². The van der Waals surface area contributed by atoms with Crippen LogP contribution in [-0.2, 0) is 0 Å². The Morgan fingerprint density at radius 1 is 1.42 bits per heavy atom. The highest BCUT2D eigenvalue weighted by molar-refractivity contribution is 5.29. The fraction of sp³-hybridized carbons (Fsp3) is 0.375. The lowest BCUT2D eigenvalue weighted by atomic mass is 10.2. The number of rotatable bonds is 1. The minimum atomic E-state index is 0.680. The molecule has 0 N–H and O–H groups in total. The standard InChI is InChI=1S/C8H8N4/c1-2-6(1)7-3-9-8-11-10-5-12(8)4-7/h3-6H,1-2H2. The first kappa shape index (κ1) is 6.11. The molecule has 1 aliphatic rings. The topological polar surface area (TPSA) is 43.1 Å². The Morgan fingerprint density at radius 3 is 3.17 bits per heavy atom. The quantitative estimate of drug-likeness (QED) is 0.625. The van der Waals surface area contributed by atoms with E-state index in [0.717, 1.165) is 5.92 Å². The summed E-state index contributed by atoms with van der Waals surface area (Å²) in [6.07, 6.45) is 8.26. The maximum absolute atomic E-state index is 4.19. The molecular formula is C8H8N4. The summed E-state index contributed by atoms with van der Waals surface area (Å²) in [5.74, 6) is 1.42. The van der Waals surface area contributed by atoms with Crippen LogP contribution in [0.5, 0.6) is 0 Å². The molecule has 4 nitrogen and oxygen atoms in total. The highest BCUT2D eigenvalue weighted by atomic mass is 15.3. The van der Waals surface area contributed by atoms with Crippen molar-refractivity contribution in [3.63, 3.8) is 0 Å². The van der Waals surface area contributed by atoms with Crippen LogP contribution < -0.4 is 0 Å². The Kier molecular flexibility index (Phi) is 1.03. The molecule has 0 radical (unpaired) electrons. The Labute approximate surface area is 69.3 Å². The lowest BCUT2D eigenvalue weighted by molar-refractivity contribution is 1.01. The third kappa shape index (κ3) is 0.809. The smallest absolute Gasteiger partial charge is 0.254 e. The summed E-state index contributed by atoms with van der Waals surface area (Å²) in [6.45, 7) is 0. The van der Waals surface area contributed by atoms with Gasteiger partial charge in [0.2, 0.25) is 0 Å². The predicted molar refractivity (Wildman–Crippen MR) is 42.8 cm³/mol. The van der Waals surface area contributed by atoms with E-state index < -0.39 is 0 Å². The summed E-state index contributed by atoms with van der Waals surface area (Å²) >= 11 is 0. The molecule has 4 heteroatoms. The normalized spacial score (nSPS) is 17.0. The summed E-state index contributed by atoms with van der Waals surface area (Å²) in [6, 6.07) is 0. The molecule has 0 amide bonds. The van der Waals surface area contributed by atoms with Gasteiger partial charge < -0.3 is 0 Å². The summed E-state index contributed by atoms with van der Waals surface area (Å²) < 4.78 is 1.87. The molecule has 3 rings (SSSR count). The molecule has 0 spiro atoms. The molecule has 0 aliphatic heterocycles. The number of hydrogen-bond donors (Lipinski definition) is 0. The van der Waals surface area contributed by atoms with Crippen molar-refractivity contribution in [1.29, 1.82) is 0 Å². The lowest BCUT2D eigenvalue weighted by Crippen LogP contribution is -1.90. The fourth-order valence-corrected chi connectivity index (χ4v) is 1.37. The van der Waals surface area contributed by atoms with Crippen molar-refractivity contribution in [2.24, 2.45) is 0 Å². The minimum absolute atomic E-state index is 0.680. The van der Waals surface area contributed by atoms with E-state index in [1.807, 2.05) is 10.6 Å². The average Bonchev–Trinajstić information content (AvgIpc) is 2.84. The molecule has 2 heterocycles. The van der Waals surface area contributed by atoms with Crippen LogP contribution in [0.15, 0.2) is 18.7 Å². The first-order chi connectivity index (χ1) is 5.93. The Bertz CT molecular complexity index is 416. The van der Waals surface area contributed by atoms with E-state index in [4.69, 9.17) is 0 Å². The van der Waals surface area contributed by atoms with E-state index >= 15 is 0 Å². The van der Waals surface area contributed by atoms with Gasteiger partial charge in [0.15, 0.2) is 0 Å². The van der Waals surface area contributed by atoms with Gasteiger partial charge in [-0.3, -0.25) is 4.40 Å². The van der Waals surface area contributed by atoms with Crippen molar-refractivity contribution in [3.8, 4) is 0 Å². The van der Waals surface area contributed by atoms with Gasteiger partial charge >= 0.3 is 0 Å². The molecule has 2 aromatic rings. The zero-order valence-corrected chi connectivity index (χ0v) is 6.51. The summed E-state index contributed by atoms with van der Waals surface area (Å²) in [4.78, 5) is 4.19. The van der Waals surface area contributed by atoms with Crippen LogP contribution in [0.2, 0.25) is 0 Å². The third-order valence-corrected chi connectivity index (χ3v) is 2.22. The fourth-order valence-electron chi connectivity index (χ4n) is 1.37. The number of nitrogens with zero attached hydrogens (tertiary/aromatic N) is 4. The first-order valence-corrected chi connectivity index (χ1v) is 4.09. The Morgan fingerprint density at radius 2 is 2.33 bits per heavy atom. The SMILES string of the molecule is c1nc2nncn2cc1C1CC1. The van der Waals surface area contributed by atoms with Gasteiger partial charge in [0, 0.05) is 12.4 Å². The van der Waals surface area contributed by atoms with E-state index in [9.17, 15) is 0 Å². The van der Waals surface area contributed by atoms with E-state index in [1.54, 1.807) is 6.33 Å². The van der Waals surface area contributed by atoms with Crippen LogP contribution in [0, 0.1) is 0 Å². The number of hydrogen-bond acceptors (Lipinski definition) is 3. The van der Waals surface area contributed by atoms with Crippen molar-refractivity contribution in [3.05, 3.63) is 24.3 Å². The van der Waals surface area contributed by atoms with Gasteiger partial charge in [-0.05, 0) is 24.3 Å². The van der Waals surface area contributed by atoms with Crippen LogP contribution >= 0.6 is 0 Å². The van der Waals surface area contributed by atoms with E-state index in [2.05, 4.69) is 21.4 Å². The monoisotopic (exact) mass is 160 g/mol. The molecule has 2 aromatic heterocycles. The molecule has 1 saturated carbocycles. The van der Waals surface area contributed by atoms with Gasteiger partial charge in [0.25, 0.3) is 5.78 Å². The lowest BCUT2D eigenvalue weighted by Gasteiger charge is -1.96. The Hall–Kier alpha value is -1.45. The zero-order valence-electron chi connectivity index (χ0n) is 6.51. The average molecular weight is 160 g/mol. The van der Waals surface area contributed by atoms with Crippen LogP contribution in [0.3, 0.4) is 0 Å². The van der Waals surface area contributed by atoms with E-state index in [0.29, 0.717) is 5.78 Å². The molecule has 0 saturated heterocycles. The van der Waals surface area contributed by atoms with E-state index in [-0.39, 0.29) is 0 Å². The largest absolute Gasteiger partial charge is 0.273 e. The second-order valence-electron chi connectivity index (χ2n) is 3.20. The molecule has 0 atom stereocenters. The zero-order chi connectivity index (χ0) is 7.97. The van der Waals surface area contributed by atoms with Gasteiger partial charge in [-0.25, -0.2) is 4.98 Å². The number of aromatic nitrogens is 4. The molecule has 60 valence electrons. The van der Waals surface area contributed by atoms with Gasteiger partial charge in [-0.15, -0.1) is 10.2 Å². The first-order valence-electron chi connectivity index (χ1n) is 4.09. The predicted octanol–water partition coefficient (Wildman–Crippen LogP) is 1.00. The maximum Gasteiger partial charge on any atom is 0.254 e. The van der Waals surface area contributed by atoms with Crippen molar-refractivity contribution in [2.45, 2.75) is 18.8 Å². The molecule has 0 aromatic carbocycles. The van der Waals surface area contributed by atoms with E-state index in [1.165, 1.54) is 18.4 Å². The molecule has 0 unspecified atom stereocenters. The van der Waals surface area contributed by atoms with Crippen molar-refractivity contribution < 1.29 is 0 Å². The second kappa shape index (κ2) is 2.03. The molecule has 1 aliphatic carbocycles. The van der Waals surface area contributed by atoms with Crippen LogP contribution in [0.1, 0.15) is 24.3 Å². The molecule has 12 heavy (non-hydrogen) atoms. The summed E-state index contributed by atoms with van der Waals surface area (Å²) in [7, 11) is 0. The summed E-state index contributed by atoms with van der Waals surface area (Å²) in [5, 5.41) is 7.61. The molecule has 1 fully saturated rings. The highest BCUT2D eigenvalue weighted by Gasteiger charge is 2.24. The Balaban J connectivity index is 2.21. The molecular weight excluding hydrogens is 152 g/mol. The number of fused-ring (bicyclic) bond motifs is 1. The summed E-state index contributed by atoms with van der Waals surface area (Å²) in [5.41, 5.74) is 1.31. The maximum atomic E-state index is 4.19. The van der Waals surface area contributed by atoms with Crippen LogP contribution in [0.4, 0.5) is 0 Å². The highest BCUT2D eigenvalue weighted by Crippen LogP contribution is 2.39. The minimum Gasteiger partial charge on any atom is -0.273 e. The van der Waals surface area contributed by atoms with Crippen molar-refractivity contribution in [2.75, 3.05) is 0 Å². The van der Waals surface area contributed by atoms with Crippen molar-refractivity contribution in [1.82, 2.24) is 19.6 Å². The molecule has 0 bridgehead atoms. The van der Waals surface area contributed by atoms with Gasteiger partial charge in [-0.2, -0.15) is 0 Å². The van der Waals surface area contributed by atoms with Gasteiger partial charge in [0.05, 0.1) is 0 Å². The third-order valence-electron chi connectivity index (χ3n) is 2.22. The second-order valence-corrected chi connectivity index (χ2v) is 3.20. The van der Waals surface area contributed by atoms with Crippen molar-refractivity contribution >= 4 is 5.78 Å². The van der Waals surface area contributed by atoms with Crippen LogP contribution in [0.25, 0.3) is 5.78 Å².